The fraction of sp³-hybridized carbons (Fsp3) is 0.455. The molecule has 1 aromatic heterocycles. The van der Waals surface area contributed by atoms with Crippen molar-refractivity contribution in [2.45, 2.75) is 52.9 Å². The summed E-state index contributed by atoms with van der Waals surface area (Å²) in [6.07, 6.45) is 6.56. The summed E-state index contributed by atoms with van der Waals surface area (Å²) in [6, 6.07) is 13.4. The topological polar surface area (TPSA) is 15.8 Å². The molecule has 0 spiro atoms. The van der Waals surface area contributed by atoms with Crippen LogP contribution in [0, 0.1) is 11.8 Å². The second-order valence-corrected chi connectivity index (χ2v) is 8.58. The number of fused-ring (bicyclic) bond motifs is 3. The Bertz CT molecular complexity index is 815. The number of rotatable bonds is 7. The highest BCUT2D eigenvalue weighted by Gasteiger charge is 2.07. The van der Waals surface area contributed by atoms with Gasteiger partial charge in [0.15, 0.2) is 0 Å². The van der Waals surface area contributed by atoms with E-state index in [2.05, 4.69) is 78.1 Å². The van der Waals surface area contributed by atoms with E-state index in [4.69, 9.17) is 0 Å². The van der Waals surface area contributed by atoms with Crippen LogP contribution >= 0.6 is 15.9 Å². The van der Waals surface area contributed by atoms with Crippen molar-refractivity contribution in [1.29, 1.82) is 0 Å². The van der Waals surface area contributed by atoms with Crippen LogP contribution in [0.1, 0.15) is 52.0 Å². The first-order chi connectivity index (χ1) is 11.5. The Morgan fingerprint density at radius 3 is 2.50 bits per heavy atom. The Morgan fingerprint density at radius 2 is 1.71 bits per heavy atom. The van der Waals surface area contributed by atoms with Crippen molar-refractivity contribution in [3.05, 3.63) is 46.4 Å². The number of nitrogens with one attached hydrogen (secondary N) is 1. The van der Waals surface area contributed by atoms with Gasteiger partial charge in [0.2, 0.25) is 0 Å². The highest BCUT2D eigenvalue weighted by molar-refractivity contribution is 9.10. The van der Waals surface area contributed by atoms with Gasteiger partial charge in [-0.15, -0.1) is 0 Å². The number of aryl methyl sites for hydroxylation is 1. The molecule has 128 valence electrons. The lowest BCUT2D eigenvalue weighted by Crippen LogP contribution is -1.99. The SMILES string of the molecule is CC(C)CCCC(C)CCc1ccc2c(c1)[nH]c1ccc(Br)cc12. The molecule has 0 aliphatic carbocycles. The second-order valence-electron chi connectivity index (χ2n) is 7.66. The van der Waals surface area contributed by atoms with Gasteiger partial charge in [-0.05, 0) is 54.5 Å². The van der Waals surface area contributed by atoms with E-state index in [1.54, 1.807) is 0 Å². The van der Waals surface area contributed by atoms with Crippen LogP contribution in [0.3, 0.4) is 0 Å². The zero-order valence-electron chi connectivity index (χ0n) is 15.0. The number of halogens is 1. The maximum absolute atomic E-state index is 3.57. The third-order valence-electron chi connectivity index (χ3n) is 5.03. The lowest BCUT2D eigenvalue weighted by molar-refractivity contribution is 0.437. The zero-order chi connectivity index (χ0) is 17.1. The zero-order valence-corrected chi connectivity index (χ0v) is 16.6. The molecule has 0 radical (unpaired) electrons. The van der Waals surface area contributed by atoms with Crippen LogP contribution in [-0.4, -0.2) is 4.98 Å². The van der Waals surface area contributed by atoms with Gasteiger partial charge in [-0.3, -0.25) is 0 Å². The molecule has 3 aromatic rings. The molecule has 1 heterocycles. The highest BCUT2D eigenvalue weighted by atomic mass is 79.9. The van der Waals surface area contributed by atoms with Crippen LogP contribution in [0.2, 0.25) is 0 Å². The molecule has 0 saturated carbocycles. The predicted molar refractivity (Wildman–Crippen MR) is 110 cm³/mol. The molecule has 1 unspecified atom stereocenters. The molecule has 1 atom stereocenters. The largest absolute Gasteiger partial charge is 0.355 e. The van der Waals surface area contributed by atoms with E-state index in [0.717, 1.165) is 16.3 Å². The average Bonchev–Trinajstić information content (AvgIpc) is 2.89. The Hall–Kier alpha value is -1.28. The molecule has 0 amide bonds. The van der Waals surface area contributed by atoms with Gasteiger partial charge in [-0.1, -0.05) is 68.1 Å². The highest BCUT2D eigenvalue weighted by Crippen LogP contribution is 2.29. The predicted octanol–water partition coefficient (Wildman–Crippen LogP) is 7.48. The molecular formula is C22H28BrN. The van der Waals surface area contributed by atoms with Crippen molar-refractivity contribution < 1.29 is 0 Å². The summed E-state index contributed by atoms with van der Waals surface area (Å²) in [5, 5.41) is 2.62. The van der Waals surface area contributed by atoms with E-state index in [1.807, 2.05) is 0 Å². The van der Waals surface area contributed by atoms with E-state index < -0.39 is 0 Å². The second kappa shape index (κ2) is 7.74. The van der Waals surface area contributed by atoms with Crippen molar-refractivity contribution in [3.8, 4) is 0 Å². The van der Waals surface area contributed by atoms with Gasteiger partial charge in [0.05, 0.1) is 0 Å². The van der Waals surface area contributed by atoms with Crippen LogP contribution in [0.25, 0.3) is 21.8 Å². The first kappa shape index (κ1) is 17.5. The van der Waals surface area contributed by atoms with Crippen LogP contribution in [0.15, 0.2) is 40.9 Å². The number of aromatic amines is 1. The number of hydrogen-bond donors (Lipinski definition) is 1. The van der Waals surface area contributed by atoms with Gasteiger partial charge in [0, 0.05) is 26.3 Å². The number of aromatic nitrogens is 1. The van der Waals surface area contributed by atoms with Gasteiger partial charge in [0.25, 0.3) is 0 Å². The van der Waals surface area contributed by atoms with Crippen molar-refractivity contribution in [1.82, 2.24) is 4.98 Å². The van der Waals surface area contributed by atoms with Crippen LogP contribution in [0.5, 0.6) is 0 Å². The smallest absolute Gasteiger partial charge is 0.0467 e. The quantitative estimate of drug-likeness (QED) is 0.433. The maximum Gasteiger partial charge on any atom is 0.0467 e. The van der Waals surface area contributed by atoms with Gasteiger partial charge in [0.1, 0.15) is 0 Å². The normalized spacial score (nSPS) is 13.2. The number of H-pyrrole nitrogens is 1. The fourth-order valence-electron chi connectivity index (χ4n) is 3.51. The summed E-state index contributed by atoms with van der Waals surface area (Å²) >= 11 is 3.57. The van der Waals surface area contributed by atoms with Crippen molar-refractivity contribution in [3.63, 3.8) is 0 Å². The minimum Gasteiger partial charge on any atom is -0.355 e. The fourth-order valence-corrected chi connectivity index (χ4v) is 3.87. The molecule has 3 rings (SSSR count). The van der Waals surface area contributed by atoms with Crippen molar-refractivity contribution >= 4 is 37.7 Å². The molecule has 2 aromatic carbocycles. The standard InChI is InChI=1S/C22H28BrN/c1-15(2)5-4-6-16(3)7-8-17-9-11-19-20-14-18(23)10-12-21(20)24-22(19)13-17/h9-16,24H,4-8H2,1-3H3. The van der Waals surface area contributed by atoms with Gasteiger partial charge in [-0.25, -0.2) is 0 Å². The summed E-state index contributed by atoms with van der Waals surface area (Å²) in [5.74, 6) is 1.65. The summed E-state index contributed by atoms with van der Waals surface area (Å²) in [4.78, 5) is 3.56. The lowest BCUT2D eigenvalue weighted by Gasteiger charge is -2.12. The summed E-state index contributed by atoms with van der Waals surface area (Å²) in [7, 11) is 0. The monoisotopic (exact) mass is 385 g/mol. The number of benzene rings is 2. The van der Waals surface area contributed by atoms with Gasteiger partial charge in [-0.2, -0.15) is 0 Å². The van der Waals surface area contributed by atoms with E-state index in [-0.39, 0.29) is 0 Å². The minimum atomic E-state index is 0.818. The van der Waals surface area contributed by atoms with Gasteiger partial charge < -0.3 is 4.98 Å². The third-order valence-corrected chi connectivity index (χ3v) is 5.52. The first-order valence-electron chi connectivity index (χ1n) is 9.23. The minimum absolute atomic E-state index is 0.818. The molecule has 24 heavy (non-hydrogen) atoms. The van der Waals surface area contributed by atoms with Gasteiger partial charge >= 0.3 is 0 Å². The van der Waals surface area contributed by atoms with E-state index in [1.165, 1.54) is 59.5 Å². The Balaban J connectivity index is 1.66. The molecule has 0 saturated heterocycles. The molecule has 0 aliphatic rings. The van der Waals surface area contributed by atoms with Crippen molar-refractivity contribution in [2.24, 2.45) is 11.8 Å². The first-order valence-corrected chi connectivity index (χ1v) is 10.0. The summed E-state index contributed by atoms with van der Waals surface area (Å²) in [6.45, 7) is 7.04. The van der Waals surface area contributed by atoms with E-state index in [9.17, 15) is 0 Å². The molecular weight excluding hydrogens is 358 g/mol. The van der Waals surface area contributed by atoms with Crippen LogP contribution < -0.4 is 0 Å². The summed E-state index contributed by atoms with van der Waals surface area (Å²) < 4.78 is 1.13. The Morgan fingerprint density at radius 1 is 0.875 bits per heavy atom. The lowest BCUT2D eigenvalue weighted by atomic mass is 9.94. The van der Waals surface area contributed by atoms with Crippen molar-refractivity contribution in [2.75, 3.05) is 0 Å². The maximum atomic E-state index is 3.57. The summed E-state index contributed by atoms with van der Waals surface area (Å²) in [5.41, 5.74) is 3.92. The molecule has 0 bridgehead atoms. The Kier molecular flexibility index (Phi) is 5.65. The third kappa shape index (κ3) is 4.22. The average molecular weight is 386 g/mol. The molecule has 0 fully saturated rings. The Labute approximate surface area is 154 Å². The van der Waals surface area contributed by atoms with E-state index >= 15 is 0 Å². The molecule has 1 nitrogen and oxygen atoms in total. The number of hydrogen-bond acceptors (Lipinski definition) is 0. The molecule has 0 aliphatic heterocycles. The van der Waals surface area contributed by atoms with Crippen LogP contribution in [0.4, 0.5) is 0 Å². The molecule has 2 heteroatoms. The van der Waals surface area contributed by atoms with E-state index in [0.29, 0.717) is 0 Å². The molecule has 1 N–H and O–H groups in total. The van der Waals surface area contributed by atoms with Crippen LogP contribution in [-0.2, 0) is 6.42 Å².